The van der Waals surface area contributed by atoms with Crippen molar-refractivity contribution in [1.82, 2.24) is 0 Å². The van der Waals surface area contributed by atoms with Gasteiger partial charge >= 0.3 is 21.9 Å². The van der Waals surface area contributed by atoms with E-state index in [2.05, 4.69) is 0 Å². The molecule has 0 unspecified atom stereocenters. The zero-order valence-electron chi connectivity index (χ0n) is 14.7. The number of nitro groups is 1. The van der Waals surface area contributed by atoms with Gasteiger partial charge in [0.2, 0.25) is 0 Å². The number of nitrogens with zero attached hydrogens (tertiary/aromatic N) is 1. The minimum Gasteiger partial charge on any atom is -0.423 e. The lowest BCUT2D eigenvalue weighted by Crippen LogP contribution is -2.12. The molecule has 0 fully saturated rings. The van der Waals surface area contributed by atoms with Gasteiger partial charge in [-0.2, -0.15) is 21.6 Å². The average molecular weight is 464 g/mol. The minimum atomic E-state index is -4.85. The van der Waals surface area contributed by atoms with E-state index in [1.165, 1.54) is 6.92 Å². The Bertz CT molecular complexity index is 1350. The quantitative estimate of drug-likeness (QED) is 0.243. The standard InChI is InChI=1S/C17H9ClF3NO7S/c1-8-13(18)5-10(6-14(8)22(24)25)30(26,27)29-9-2-3-11-12(17(19,20)21)7-16(23)28-15(11)4-9/h2-7H,1H3. The van der Waals surface area contributed by atoms with E-state index < -0.39 is 59.7 Å². The van der Waals surface area contributed by atoms with Crippen molar-refractivity contribution in [3.63, 3.8) is 0 Å². The molecule has 0 bridgehead atoms. The van der Waals surface area contributed by atoms with Crippen LogP contribution >= 0.6 is 11.6 Å². The molecule has 1 aromatic heterocycles. The smallest absolute Gasteiger partial charge is 0.417 e. The van der Waals surface area contributed by atoms with E-state index in [1.54, 1.807) is 0 Å². The fourth-order valence-corrected chi connectivity index (χ4v) is 3.83. The molecule has 8 nitrogen and oxygen atoms in total. The fraction of sp³-hybridized carbons (Fsp3) is 0.118. The number of benzene rings is 2. The third kappa shape index (κ3) is 4.09. The van der Waals surface area contributed by atoms with Crippen LogP contribution in [0.25, 0.3) is 11.0 Å². The summed E-state index contributed by atoms with van der Waals surface area (Å²) in [7, 11) is -4.66. The number of fused-ring (bicyclic) bond motifs is 1. The van der Waals surface area contributed by atoms with Crippen molar-refractivity contribution in [3.05, 3.63) is 73.1 Å². The first-order chi connectivity index (χ1) is 13.8. The molecule has 3 rings (SSSR count). The molecule has 0 saturated carbocycles. The van der Waals surface area contributed by atoms with Gasteiger partial charge in [-0.3, -0.25) is 10.1 Å². The molecule has 0 aliphatic carbocycles. The highest BCUT2D eigenvalue weighted by atomic mass is 35.5. The number of halogens is 4. The number of alkyl halides is 3. The van der Waals surface area contributed by atoms with E-state index in [4.69, 9.17) is 20.2 Å². The van der Waals surface area contributed by atoms with Crippen molar-refractivity contribution in [2.24, 2.45) is 0 Å². The van der Waals surface area contributed by atoms with Gasteiger partial charge in [0.25, 0.3) is 5.69 Å². The van der Waals surface area contributed by atoms with Crippen LogP contribution < -0.4 is 9.81 Å². The van der Waals surface area contributed by atoms with Crippen molar-refractivity contribution < 1.29 is 35.1 Å². The Morgan fingerprint density at radius 3 is 2.43 bits per heavy atom. The normalized spacial score (nSPS) is 12.2. The lowest BCUT2D eigenvalue weighted by atomic mass is 10.1. The second kappa shape index (κ2) is 7.29. The van der Waals surface area contributed by atoms with E-state index in [9.17, 15) is 36.5 Å². The first-order valence-corrected chi connectivity index (χ1v) is 9.62. The van der Waals surface area contributed by atoms with Crippen molar-refractivity contribution in [3.8, 4) is 5.75 Å². The summed E-state index contributed by atoms with van der Waals surface area (Å²) in [4.78, 5) is 21.0. The first kappa shape index (κ1) is 21.6. The molecular formula is C17H9ClF3NO7S. The summed E-state index contributed by atoms with van der Waals surface area (Å²) in [6, 6.07) is 4.51. The molecule has 0 atom stereocenters. The lowest BCUT2D eigenvalue weighted by Gasteiger charge is -2.11. The lowest BCUT2D eigenvalue weighted by molar-refractivity contribution is -0.385. The number of hydrogen-bond donors (Lipinski definition) is 0. The Kier molecular flexibility index (Phi) is 5.24. The number of hydrogen-bond acceptors (Lipinski definition) is 7. The maximum absolute atomic E-state index is 13.1. The van der Waals surface area contributed by atoms with Crippen LogP contribution in [0.4, 0.5) is 18.9 Å². The largest absolute Gasteiger partial charge is 0.423 e. The van der Waals surface area contributed by atoms with Gasteiger partial charge in [-0.25, -0.2) is 4.79 Å². The van der Waals surface area contributed by atoms with E-state index in [-0.39, 0.29) is 16.7 Å². The van der Waals surface area contributed by atoms with Gasteiger partial charge in [0.15, 0.2) is 0 Å². The van der Waals surface area contributed by atoms with Crippen LogP contribution in [-0.4, -0.2) is 13.3 Å². The molecular weight excluding hydrogens is 455 g/mol. The molecule has 0 aliphatic rings. The highest BCUT2D eigenvalue weighted by Crippen LogP contribution is 2.36. The predicted octanol–water partition coefficient (Wildman–Crippen LogP) is 4.45. The summed E-state index contributed by atoms with van der Waals surface area (Å²) in [6.45, 7) is 1.32. The zero-order valence-corrected chi connectivity index (χ0v) is 16.3. The number of nitro benzene ring substituents is 1. The topological polar surface area (TPSA) is 117 Å². The second-order valence-corrected chi connectivity index (χ2v) is 7.93. The van der Waals surface area contributed by atoms with Crippen molar-refractivity contribution >= 4 is 38.4 Å². The van der Waals surface area contributed by atoms with E-state index in [0.29, 0.717) is 0 Å². The third-order valence-electron chi connectivity index (χ3n) is 4.00. The minimum absolute atomic E-state index is 0.0350. The summed E-state index contributed by atoms with van der Waals surface area (Å²) < 4.78 is 73.8. The summed E-state index contributed by atoms with van der Waals surface area (Å²) in [5.74, 6) is -0.482. The third-order valence-corrected chi connectivity index (χ3v) is 5.62. The van der Waals surface area contributed by atoms with Crippen LogP contribution in [0.2, 0.25) is 5.02 Å². The van der Waals surface area contributed by atoms with Crippen molar-refractivity contribution in [2.45, 2.75) is 18.0 Å². The first-order valence-electron chi connectivity index (χ1n) is 7.84. The average Bonchev–Trinajstić information content (AvgIpc) is 2.61. The fourth-order valence-electron chi connectivity index (χ4n) is 2.58. The van der Waals surface area contributed by atoms with Crippen LogP contribution in [-0.2, 0) is 16.3 Å². The van der Waals surface area contributed by atoms with Crippen molar-refractivity contribution in [1.29, 1.82) is 0 Å². The Morgan fingerprint density at radius 2 is 1.83 bits per heavy atom. The van der Waals surface area contributed by atoms with Gasteiger partial charge in [0.1, 0.15) is 16.2 Å². The molecule has 0 spiro atoms. The monoisotopic (exact) mass is 463 g/mol. The highest BCUT2D eigenvalue weighted by Gasteiger charge is 2.34. The zero-order chi connectivity index (χ0) is 22.4. The molecule has 30 heavy (non-hydrogen) atoms. The van der Waals surface area contributed by atoms with Crippen LogP contribution in [0, 0.1) is 17.0 Å². The predicted molar refractivity (Wildman–Crippen MR) is 98.1 cm³/mol. The van der Waals surface area contributed by atoms with Crippen LogP contribution in [0.3, 0.4) is 0 Å². The summed E-state index contributed by atoms with van der Waals surface area (Å²) >= 11 is 5.85. The molecule has 1 heterocycles. The van der Waals surface area contributed by atoms with E-state index >= 15 is 0 Å². The molecule has 0 aliphatic heterocycles. The van der Waals surface area contributed by atoms with Gasteiger partial charge in [-0.05, 0) is 25.1 Å². The number of rotatable bonds is 4. The SMILES string of the molecule is Cc1c(Cl)cc(S(=O)(=O)Oc2ccc3c(C(F)(F)F)cc(=O)oc3c2)cc1[N+](=O)[O-]. The summed E-state index contributed by atoms with van der Waals surface area (Å²) in [6.07, 6.45) is -4.85. The molecule has 3 aromatic rings. The molecule has 13 heteroatoms. The maximum atomic E-state index is 13.1. The van der Waals surface area contributed by atoms with Crippen LogP contribution in [0.1, 0.15) is 11.1 Å². The Labute approximate surface area is 170 Å². The maximum Gasteiger partial charge on any atom is 0.417 e. The second-order valence-electron chi connectivity index (χ2n) is 5.98. The molecule has 0 saturated heterocycles. The molecule has 158 valence electrons. The molecule has 0 N–H and O–H groups in total. The van der Waals surface area contributed by atoms with Gasteiger partial charge in [-0.1, -0.05) is 11.6 Å². The molecule has 0 amide bonds. The molecule has 0 radical (unpaired) electrons. The Balaban J connectivity index is 2.08. The van der Waals surface area contributed by atoms with Gasteiger partial charge in [-0.15, -0.1) is 0 Å². The van der Waals surface area contributed by atoms with Gasteiger partial charge in [0, 0.05) is 29.1 Å². The van der Waals surface area contributed by atoms with Crippen LogP contribution in [0.5, 0.6) is 5.75 Å². The van der Waals surface area contributed by atoms with Crippen molar-refractivity contribution in [2.75, 3.05) is 0 Å². The Hall–Kier alpha value is -3.12. The van der Waals surface area contributed by atoms with E-state index in [1.807, 2.05) is 0 Å². The van der Waals surface area contributed by atoms with Gasteiger partial charge < -0.3 is 8.60 Å². The Morgan fingerprint density at radius 1 is 1.17 bits per heavy atom. The van der Waals surface area contributed by atoms with Crippen LogP contribution in [0.15, 0.2) is 50.5 Å². The summed E-state index contributed by atoms with van der Waals surface area (Å²) in [5.41, 5.74) is -3.65. The van der Waals surface area contributed by atoms with Gasteiger partial charge in [0.05, 0.1) is 15.5 Å². The highest BCUT2D eigenvalue weighted by molar-refractivity contribution is 7.87. The molecule has 2 aromatic carbocycles. The summed E-state index contributed by atoms with van der Waals surface area (Å²) in [5, 5.41) is 10.4. The van der Waals surface area contributed by atoms with E-state index in [0.717, 1.165) is 30.3 Å².